The van der Waals surface area contributed by atoms with Crippen LogP contribution in [0.1, 0.15) is 70.1 Å². The van der Waals surface area contributed by atoms with Gasteiger partial charge in [0.05, 0.1) is 24.4 Å². The number of aliphatic hydroxyl groups is 1. The van der Waals surface area contributed by atoms with Crippen molar-refractivity contribution in [3.8, 4) is 5.75 Å². The molecule has 0 radical (unpaired) electrons. The fourth-order valence-electron chi connectivity index (χ4n) is 5.90. The van der Waals surface area contributed by atoms with Crippen LogP contribution in [0.3, 0.4) is 0 Å². The summed E-state index contributed by atoms with van der Waals surface area (Å²) in [5.41, 5.74) is 1.41. The van der Waals surface area contributed by atoms with Gasteiger partial charge in [-0.25, -0.2) is 4.39 Å². The Bertz CT molecular complexity index is 1020. The molecule has 2 N–H and O–H groups in total. The van der Waals surface area contributed by atoms with E-state index in [0.717, 1.165) is 28.6 Å². The Kier molecular flexibility index (Phi) is 6.57. The Morgan fingerprint density at radius 2 is 1.94 bits per heavy atom. The Morgan fingerprint density at radius 3 is 2.66 bits per heavy atom. The number of methoxy groups -OCH3 is 1. The third-order valence-corrected chi connectivity index (χ3v) is 7.10. The van der Waals surface area contributed by atoms with E-state index in [4.69, 9.17) is 4.74 Å². The maximum Gasteiger partial charge on any atom is 0.123 e. The first-order valence-electron chi connectivity index (χ1n) is 11.8. The lowest BCUT2D eigenvalue weighted by Crippen LogP contribution is -2.39. The van der Waals surface area contributed by atoms with E-state index in [2.05, 4.69) is 23.0 Å². The number of aromatic amines is 1. The molecule has 3 aromatic rings. The van der Waals surface area contributed by atoms with Crippen LogP contribution in [0.25, 0.3) is 10.9 Å². The fourth-order valence-corrected chi connectivity index (χ4v) is 5.90. The van der Waals surface area contributed by atoms with Crippen LogP contribution in [-0.2, 0) is 11.8 Å². The predicted octanol–water partition coefficient (Wildman–Crippen LogP) is 6.32. The minimum absolute atomic E-state index is 0.265. The van der Waals surface area contributed by atoms with E-state index in [1.165, 1.54) is 38.2 Å². The number of H-pyrrole nitrogens is 1. The second-order valence-electron chi connectivity index (χ2n) is 10.2. The Morgan fingerprint density at radius 1 is 1.16 bits per heavy atom. The molecule has 2 heterocycles. The lowest BCUT2D eigenvalue weighted by atomic mass is 9.66. The summed E-state index contributed by atoms with van der Waals surface area (Å²) >= 11 is 0. The molecule has 0 spiro atoms. The van der Waals surface area contributed by atoms with Gasteiger partial charge in [-0.2, -0.15) is 0 Å². The number of hydrogen-bond donors (Lipinski definition) is 2. The molecule has 5 heteroatoms. The largest absolute Gasteiger partial charge is 0.496 e. The van der Waals surface area contributed by atoms with E-state index < -0.39 is 11.0 Å². The van der Waals surface area contributed by atoms with E-state index in [1.54, 1.807) is 31.6 Å². The highest BCUT2D eigenvalue weighted by Gasteiger charge is 2.39. The third-order valence-electron chi connectivity index (χ3n) is 7.10. The van der Waals surface area contributed by atoms with Gasteiger partial charge in [-0.05, 0) is 61.4 Å². The van der Waals surface area contributed by atoms with Gasteiger partial charge in [0.2, 0.25) is 0 Å². The number of nitrogens with zero attached hydrogens (tertiary/aromatic N) is 1. The van der Waals surface area contributed by atoms with Crippen LogP contribution in [0.15, 0.2) is 42.7 Å². The lowest BCUT2D eigenvalue weighted by molar-refractivity contribution is 0.0214. The highest BCUT2D eigenvalue weighted by Crippen LogP contribution is 2.45. The number of nitrogens with one attached hydrogen (secondary N) is 1. The summed E-state index contributed by atoms with van der Waals surface area (Å²) in [6, 6.07) is 8.80. The summed E-state index contributed by atoms with van der Waals surface area (Å²) in [5, 5.41) is 12.7. The van der Waals surface area contributed by atoms with Crippen molar-refractivity contribution in [1.82, 2.24) is 9.97 Å². The molecule has 0 amide bonds. The molecule has 4 rings (SSSR count). The predicted molar refractivity (Wildman–Crippen MR) is 127 cm³/mol. The molecule has 172 valence electrons. The van der Waals surface area contributed by atoms with Crippen molar-refractivity contribution in [1.29, 1.82) is 0 Å². The number of halogens is 1. The number of ether oxygens (including phenoxy) is 1. The molecule has 0 bridgehead atoms. The van der Waals surface area contributed by atoms with E-state index in [-0.39, 0.29) is 5.82 Å². The molecular formula is C27H35FN2O2. The maximum atomic E-state index is 14.4. The standard InChI is InChI=1S/C27H35FN2O2/c1-26(15-19-7-5-4-6-8-19,23-14-21(28)9-10-25(23)32-3)18-27(2,31)16-22-13-20-11-12-29-17-24(20)30-22/h9-14,17,19,30-31H,4-8,15-16,18H2,1-3H3. The molecule has 0 aliphatic heterocycles. The topological polar surface area (TPSA) is 58.1 Å². The van der Waals surface area contributed by atoms with Crippen LogP contribution in [0, 0.1) is 11.7 Å². The number of aromatic nitrogens is 2. The number of rotatable bonds is 8. The van der Waals surface area contributed by atoms with Gasteiger partial charge in [-0.3, -0.25) is 4.98 Å². The minimum Gasteiger partial charge on any atom is -0.496 e. The Balaban J connectivity index is 1.64. The normalized spacial score (nSPS) is 18.9. The molecular weight excluding hydrogens is 403 g/mol. The van der Waals surface area contributed by atoms with Crippen molar-refractivity contribution < 1.29 is 14.2 Å². The van der Waals surface area contributed by atoms with Crippen LogP contribution in [0.2, 0.25) is 0 Å². The zero-order valence-corrected chi connectivity index (χ0v) is 19.5. The second kappa shape index (κ2) is 9.22. The molecule has 1 aromatic carbocycles. The second-order valence-corrected chi connectivity index (χ2v) is 10.2. The molecule has 2 atom stereocenters. The van der Waals surface area contributed by atoms with E-state index in [1.807, 2.05) is 13.0 Å². The Labute approximate surface area is 190 Å². The average Bonchev–Trinajstić information content (AvgIpc) is 3.15. The molecule has 1 aliphatic rings. The first-order chi connectivity index (χ1) is 15.3. The highest BCUT2D eigenvalue weighted by molar-refractivity contribution is 5.79. The van der Waals surface area contributed by atoms with E-state index >= 15 is 0 Å². The summed E-state index contributed by atoms with van der Waals surface area (Å²) in [6.45, 7) is 4.06. The molecule has 0 saturated heterocycles. The van der Waals surface area contributed by atoms with Gasteiger partial charge in [0.25, 0.3) is 0 Å². The van der Waals surface area contributed by atoms with Gasteiger partial charge in [0.1, 0.15) is 11.6 Å². The minimum atomic E-state index is -0.977. The number of fused-ring (bicyclic) bond motifs is 1. The van der Waals surface area contributed by atoms with Gasteiger partial charge >= 0.3 is 0 Å². The molecule has 1 aliphatic carbocycles. The van der Waals surface area contributed by atoms with Crippen LogP contribution < -0.4 is 4.74 Å². The zero-order chi connectivity index (χ0) is 22.8. The molecule has 2 aromatic heterocycles. The molecule has 1 fully saturated rings. The average molecular weight is 439 g/mol. The third kappa shape index (κ3) is 5.15. The number of benzene rings is 1. The van der Waals surface area contributed by atoms with Gasteiger partial charge in [0, 0.05) is 29.3 Å². The van der Waals surface area contributed by atoms with Gasteiger partial charge in [-0.15, -0.1) is 0 Å². The number of pyridine rings is 1. The van der Waals surface area contributed by atoms with Crippen molar-refractivity contribution in [2.24, 2.45) is 5.92 Å². The van der Waals surface area contributed by atoms with Crippen molar-refractivity contribution in [3.05, 3.63) is 59.8 Å². The summed E-state index contributed by atoms with van der Waals surface area (Å²) in [7, 11) is 1.63. The highest BCUT2D eigenvalue weighted by atomic mass is 19.1. The maximum absolute atomic E-state index is 14.4. The summed E-state index contributed by atoms with van der Waals surface area (Å²) in [6.07, 6.45) is 11.7. The lowest BCUT2D eigenvalue weighted by Gasteiger charge is -2.41. The molecule has 32 heavy (non-hydrogen) atoms. The summed E-state index contributed by atoms with van der Waals surface area (Å²) in [4.78, 5) is 7.55. The molecule has 4 nitrogen and oxygen atoms in total. The Hall–Kier alpha value is -2.40. The van der Waals surface area contributed by atoms with Crippen LogP contribution in [-0.4, -0.2) is 27.8 Å². The van der Waals surface area contributed by atoms with Gasteiger partial charge < -0.3 is 14.8 Å². The van der Waals surface area contributed by atoms with Crippen molar-refractivity contribution in [2.75, 3.05) is 7.11 Å². The SMILES string of the molecule is COc1ccc(F)cc1C(C)(CC1CCCCC1)CC(C)(O)Cc1cc2ccncc2[nH]1. The van der Waals surface area contributed by atoms with Crippen LogP contribution in [0.4, 0.5) is 4.39 Å². The number of hydrogen-bond acceptors (Lipinski definition) is 3. The van der Waals surface area contributed by atoms with Crippen molar-refractivity contribution >= 4 is 10.9 Å². The first-order valence-corrected chi connectivity index (χ1v) is 11.8. The summed E-state index contributed by atoms with van der Waals surface area (Å²) in [5.74, 6) is 1.01. The van der Waals surface area contributed by atoms with Crippen LogP contribution >= 0.6 is 0 Å². The first kappa shape index (κ1) is 22.8. The molecule has 1 saturated carbocycles. The van der Waals surface area contributed by atoms with Crippen LogP contribution in [0.5, 0.6) is 5.75 Å². The quantitative estimate of drug-likeness (QED) is 0.432. The van der Waals surface area contributed by atoms with E-state index in [0.29, 0.717) is 24.5 Å². The van der Waals surface area contributed by atoms with Gasteiger partial charge in [0.15, 0.2) is 0 Å². The smallest absolute Gasteiger partial charge is 0.123 e. The van der Waals surface area contributed by atoms with Gasteiger partial charge in [-0.1, -0.05) is 39.0 Å². The van der Waals surface area contributed by atoms with Crippen molar-refractivity contribution in [2.45, 2.75) is 76.2 Å². The zero-order valence-electron chi connectivity index (χ0n) is 19.5. The van der Waals surface area contributed by atoms with E-state index in [9.17, 15) is 9.50 Å². The monoisotopic (exact) mass is 438 g/mol. The fraction of sp³-hybridized carbons (Fsp3) is 0.519. The summed E-state index contributed by atoms with van der Waals surface area (Å²) < 4.78 is 20.0. The van der Waals surface area contributed by atoms with Crippen molar-refractivity contribution in [3.63, 3.8) is 0 Å². The molecule has 2 unspecified atom stereocenters.